The highest BCUT2D eigenvalue weighted by molar-refractivity contribution is 5.57. The normalized spacial score (nSPS) is 20.4. The van der Waals surface area contributed by atoms with E-state index in [1.807, 2.05) is 6.07 Å². The van der Waals surface area contributed by atoms with Gasteiger partial charge in [0.25, 0.3) is 5.56 Å². The smallest absolute Gasteiger partial charge is 0.313 e. The molecule has 3 rings (SSSR count). The molecule has 2 heterocycles. The lowest BCUT2D eigenvalue weighted by Crippen LogP contribution is -2.23. The quantitative estimate of drug-likeness (QED) is 0.901. The summed E-state index contributed by atoms with van der Waals surface area (Å²) in [5.74, 6) is 1.82. The Kier molecular flexibility index (Phi) is 3.68. The van der Waals surface area contributed by atoms with Crippen LogP contribution in [-0.4, -0.2) is 20.2 Å². The van der Waals surface area contributed by atoms with E-state index in [-0.39, 0.29) is 0 Å². The zero-order valence-electron chi connectivity index (χ0n) is 13.0. The van der Waals surface area contributed by atoms with Gasteiger partial charge in [-0.05, 0) is 42.2 Å². The number of hydrogen-bond acceptors (Lipinski definition) is 4. The van der Waals surface area contributed by atoms with Crippen LogP contribution in [0.3, 0.4) is 0 Å². The summed E-state index contributed by atoms with van der Waals surface area (Å²) in [5, 5.41) is 8.46. The van der Waals surface area contributed by atoms with Gasteiger partial charge in [-0.1, -0.05) is 20.8 Å². The summed E-state index contributed by atoms with van der Waals surface area (Å²) < 4.78 is 0. The Morgan fingerprint density at radius 2 is 2.09 bits per heavy atom. The van der Waals surface area contributed by atoms with Crippen molar-refractivity contribution >= 4 is 0 Å². The molecular formula is C16H20N4O2. The summed E-state index contributed by atoms with van der Waals surface area (Å²) >= 11 is 0. The van der Waals surface area contributed by atoms with E-state index < -0.39 is 11.2 Å². The maximum Gasteiger partial charge on any atom is 0.325 e. The number of aromatic nitrogens is 4. The fourth-order valence-corrected chi connectivity index (χ4v) is 3.07. The monoisotopic (exact) mass is 300 g/mol. The number of aryl methyl sites for hydroxylation is 1. The number of nitrogens with zero attached hydrogens (tertiary/aromatic N) is 2. The van der Waals surface area contributed by atoms with Crippen molar-refractivity contribution in [2.45, 2.75) is 39.5 Å². The van der Waals surface area contributed by atoms with Gasteiger partial charge in [0.2, 0.25) is 0 Å². The molecule has 1 fully saturated rings. The third-order valence-electron chi connectivity index (χ3n) is 4.43. The maximum absolute atomic E-state index is 11.9. The van der Waals surface area contributed by atoms with E-state index in [1.54, 1.807) is 0 Å². The second-order valence-electron chi connectivity index (χ2n) is 6.22. The van der Waals surface area contributed by atoms with E-state index in [4.69, 9.17) is 0 Å². The van der Waals surface area contributed by atoms with Crippen molar-refractivity contribution in [1.29, 1.82) is 0 Å². The summed E-state index contributed by atoms with van der Waals surface area (Å²) in [6.07, 6.45) is 3.39. The molecule has 0 amide bonds. The SMILES string of the molecule is CCc1nnc(-c2c[nH]c(=O)[nH]c2=O)cc1[C@H]1C[C@@H]1C(C)C. The first-order chi connectivity index (χ1) is 10.5. The van der Waals surface area contributed by atoms with Gasteiger partial charge in [-0.25, -0.2) is 4.79 Å². The largest absolute Gasteiger partial charge is 0.325 e. The number of H-pyrrole nitrogens is 2. The second kappa shape index (κ2) is 5.51. The van der Waals surface area contributed by atoms with E-state index in [0.717, 1.165) is 18.5 Å². The molecule has 2 N–H and O–H groups in total. The highest BCUT2D eigenvalue weighted by atomic mass is 16.2. The van der Waals surface area contributed by atoms with E-state index >= 15 is 0 Å². The predicted octanol–water partition coefficient (Wildman–Crippen LogP) is 1.84. The van der Waals surface area contributed by atoms with Crippen LogP contribution in [0.1, 0.15) is 44.4 Å². The molecule has 116 valence electrons. The molecule has 0 aromatic carbocycles. The van der Waals surface area contributed by atoms with Gasteiger partial charge in [-0.15, -0.1) is 5.10 Å². The van der Waals surface area contributed by atoms with E-state index in [2.05, 4.69) is 40.9 Å². The number of hydrogen-bond donors (Lipinski definition) is 2. The first kappa shape index (κ1) is 14.7. The summed E-state index contributed by atoms with van der Waals surface area (Å²) in [7, 11) is 0. The molecule has 1 aliphatic rings. The molecule has 0 radical (unpaired) electrons. The molecule has 2 atom stereocenters. The highest BCUT2D eigenvalue weighted by Gasteiger charge is 2.41. The van der Waals surface area contributed by atoms with Crippen molar-refractivity contribution in [3.05, 3.63) is 44.4 Å². The first-order valence-electron chi connectivity index (χ1n) is 7.70. The van der Waals surface area contributed by atoms with E-state index in [9.17, 15) is 9.59 Å². The second-order valence-corrected chi connectivity index (χ2v) is 6.22. The van der Waals surface area contributed by atoms with Gasteiger partial charge >= 0.3 is 5.69 Å². The van der Waals surface area contributed by atoms with Crippen LogP contribution in [0.25, 0.3) is 11.3 Å². The predicted molar refractivity (Wildman–Crippen MR) is 83.8 cm³/mol. The van der Waals surface area contributed by atoms with Crippen molar-refractivity contribution in [2.75, 3.05) is 0 Å². The average molecular weight is 300 g/mol. The van der Waals surface area contributed by atoms with Crippen LogP contribution >= 0.6 is 0 Å². The van der Waals surface area contributed by atoms with Crippen LogP contribution in [-0.2, 0) is 6.42 Å². The van der Waals surface area contributed by atoms with E-state index in [0.29, 0.717) is 29.0 Å². The Balaban J connectivity index is 2.04. The van der Waals surface area contributed by atoms with Gasteiger partial charge in [0.15, 0.2) is 0 Å². The van der Waals surface area contributed by atoms with Crippen LogP contribution < -0.4 is 11.2 Å². The molecule has 0 spiro atoms. The molecule has 22 heavy (non-hydrogen) atoms. The number of nitrogens with one attached hydrogen (secondary N) is 2. The Labute approximate surface area is 128 Å². The van der Waals surface area contributed by atoms with Crippen molar-refractivity contribution in [3.63, 3.8) is 0 Å². The van der Waals surface area contributed by atoms with Gasteiger partial charge in [-0.2, -0.15) is 5.10 Å². The summed E-state index contributed by atoms with van der Waals surface area (Å²) in [6.45, 7) is 6.53. The molecule has 1 aliphatic carbocycles. The van der Waals surface area contributed by atoms with Crippen LogP contribution in [0, 0.1) is 11.8 Å². The van der Waals surface area contributed by atoms with Gasteiger partial charge < -0.3 is 4.98 Å². The average Bonchev–Trinajstić information content (AvgIpc) is 3.27. The Hall–Kier alpha value is -2.24. The zero-order chi connectivity index (χ0) is 15.9. The lowest BCUT2D eigenvalue weighted by molar-refractivity contribution is 0.547. The Morgan fingerprint density at radius 3 is 2.68 bits per heavy atom. The minimum Gasteiger partial charge on any atom is -0.313 e. The molecule has 6 nitrogen and oxygen atoms in total. The summed E-state index contributed by atoms with van der Waals surface area (Å²) in [6, 6.07) is 1.96. The summed E-state index contributed by atoms with van der Waals surface area (Å²) in [4.78, 5) is 27.8. The number of rotatable bonds is 4. The first-order valence-corrected chi connectivity index (χ1v) is 7.70. The molecule has 0 unspecified atom stereocenters. The third-order valence-corrected chi connectivity index (χ3v) is 4.43. The molecular weight excluding hydrogens is 280 g/mol. The topological polar surface area (TPSA) is 91.5 Å². The molecule has 0 bridgehead atoms. The van der Waals surface area contributed by atoms with Crippen molar-refractivity contribution in [3.8, 4) is 11.3 Å². The van der Waals surface area contributed by atoms with Gasteiger partial charge in [-0.3, -0.25) is 9.78 Å². The van der Waals surface area contributed by atoms with Gasteiger partial charge in [0.1, 0.15) is 5.69 Å². The minimum absolute atomic E-state index is 0.345. The lowest BCUT2D eigenvalue weighted by Gasteiger charge is -2.09. The van der Waals surface area contributed by atoms with Gasteiger partial charge in [0, 0.05) is 6.20 Å². The lowest BCUT2D eigenvalue weighted by atomic mass is 10.00. The molecule has 1 saturated carbocycles. The molecule has 2 aromatic rings. The fourth-order valence-electron chi connectivity index (χ4n) is 3.07. The summed E-state index contributed by atoms with van der Waals surface area (Å²) in [5.41, 5.74) is 2.09. The number of aromatic amines is 2. The molecule has 2 aromatic heterocycles. The fraction of sp³-hybridized carbons (Fsp3) is 0.500. The Morgan fingerprint density at radius 1 is 1.32 bits per heavy atom. The molecule has 0 aliphatic heterocycles. The third kappa shape index (κ3) is 2.61. The molecule has 6 heteroatoms. The van der Waals surface area contributed by atoms with Crippen molar-refractivity contribution in [2.24, 2.45) is 11.8 Å². The van der Waals surface area contributed by atoms with Gasteiger partial charge in [0.05, 0.1) is 11.3 Å². The Bertz CT molecular complexity index is 806. The van der Waals surface area contributed by atoms with Crippen LogP contribution in [0.15, 0.2) is 21.9 Å². The zero-order valence-corrected chi connectivity index (χ0v) is 13.0. The van der Waals surface area contributed by atoms with E-state index in [1.165, 1.54) is 11.8 Å². The standard InChI is InChI=1S/C16H20N4O2/c1-4-13-11(10-5-9(10)8(2)3)6-14(20-19-13)12-7-17-16(22)18-15(12)21/h6-10H,4-5H2,1-3H3,(H2,17,18,21,22)/t9-,10+/m1/s1. The van der Waals surface area contributed by atoms with Crippen LogP contribution in [0.5, 0.6) is 0 Å². The highest BCUT2D eigenvalue weighted by Crippen LogP contribution is 2.52. The van der Waals surface area contributed by atoms with Crippen molar-refractivity contribution in [1.82, 2.24) is 20.2 Å². The molecule has 0 saturated heterocycles. The van der Waals surface area contributed by atoms with Crippen LogP contribution in [0.4, 0.5) is 0 Å². The maximum atomic E-state index is 11.9. The van der Waals surface area contributed by atoms with Crippen LogP contribution in [0.2, 0.25) is 0 Å². The minimum atomic E-state index is -0.519. The van der Waals surface area contributed by atoms with Crippen molar-refractivity contribution < 1.29 is 0 Å².